The molecule has 1 N–H and O–H groups in total. The summed E-state index contributed by atoms with van der Waals surface area (Å²) >= 11 is 2.00. The summed E-state index contributed by atoms with van der Waals surface area (Å²) in [5.74, 6) is 2.18. The number of aryl methyl sites for hydroxylation is 2. The van der Waals surface area contributed by atoms with Crippen molar-refractivity contribution in [2.75, 3.05) is 12.3 Å². The molecule has 112 valence electrons. The molecular weight excluding hydrogens is 274 g/mol. The molecule has 1 nitrogen and oxygen atoms in total. The van der Waals surface area contributed by atoms with E-state index in [0.717, 1.165) is 18.1 Å². The van der Waals surface area contributed by atoms with Crippen molar-refractivity contribution in [3.63, 3.8) is 0 Å². The monoisotopic (exact) mass is 299 g/mol. The fourth-order valence-electron chi connectivity index (χ4n) is 2.37. The predicted octanol–water partition coefficient (Wildman–Crippen LogP) is 4.89. The van der Waals surface area contributed by atoms with Gasteiger partial charge in [-0.1, -0.05) is 55.5 Å². The van der Waals surface area contributed by atoms with Crippen LogP contribution in [0.2, 0.25) is 0 Å². The molecule has 0 aliphatic heterocycles. The van der Waals surface area contributed by atoms with Crippen molar-refractivity contribution in [3.05, 3.63) is 70.8 Å². The normalized spacial score (nSPS) is 12.3. The molecule has 0 heterocycles. The quantitative estimate of drug-likeness (QED) is 0.781. The van der Waals surface area contributed by atoms with Crippen molar-refractivity contribution >= 4 is 11.8 Å². The predicted molar refractivity (Wildman–Crippen MR) is 94.9 cm³/mol. The number of thioether (sulfide) groups is 1. The van der Waals surface area contributed by atoms with Crippen molar-refractivity contribution in [2.24, 2.45) is 0 Å². The summed E-state index contributed by atoms with van der Waals surface area (Å²) in [5, 5.41) is 3.61. The smallest absolute Gasteiger partial charge is 0.0411 e. The fourth-order valence-corrected chi connectivity index (χ4v) is 3.46. The Morgan fingerprint density at radius 3 is 2.43 bits per heavy atom. The summed E-state index contributed by atoms with van der Waals surface area (Å²) in [6, 6.07) is 18.0. The second-order valence-corrected chi connectivity index (χ2v) is 6.48. The third kappa shape index (κ3) is 4.90. The van der Waals surface area contributed by atoms with Gasteiger partial charge in [-0.25, -0.2) is 0 Å². The van der Waals surface area contributed by atoms with Crippen molar-refractivity contribution in [1.29, 1.82) is 0 Å². The van der Waals surface area contributed by atoms with Crippen molar-refractivity contribution in [1.82, 2.24) is 5.32 Å². The van der Waals surface area contributed by atoms with Crippen molar-refractivity contribution in [2.45, 2.75) is 32.6 Å². The molecule has 2 aromatic carbocycles. The highest BCUT2D eigenvalue weighted by atomic mass is 32.2. The van der Waals surface area contributed by atoms with Gasteiger partial charge in [-0.3, -0.25) is 0 Å². The van der Waals surface area contributed by atoms with Gasteiger partial charge in [-0.05, 0) is 42.6 Å². The van der Waals surface area contributed by atoms with Gasteiger partial charge < -0.3 is 5.32 Å². The van der Waals surface area contributed by atoms with E-state index in [2.05, 4.69) is 74.6 Å². The molecule has 1 unspecified atom stereocenters. The molecule has 2 rings (SSSR count). The van der Waals surface area contributed by atoms with E-state index in [0.29, 0.717) is 6.04 Å². The van der Waals surface area contributed by atoms with Crippen LogP contribution in [0.1, 0.15) is 35.2 Å². The molecule has 0 spiro atoms. The van der Waals surface area contributed by atoms with Crippen molar-refractivity contribution in [3.8, 4) is 0 Å². The fraction of sp³-hybridized carbons (Fsp3) is 0.368. The SMILES string of the molecule is CCNC(CSCc1ccccc1)c1ccc(C)c(C)c1. The van der Waals surface area contributed by atoms with E-state index in [4.69, 9.17) is 0 Å². The standard InChI is InChI=1S/C19H25NS/c1-4-20-19(18-11-10-15(2)16(3)12-18)14-21-13-17-8-6-5-7-9-17/h5-12,19-20H,4,13-14H2,1-3H3. The first-order valence-corrected chi connectivity index (χ1v) is 8.78. The lowest BCUT2D eigenvalue weighted by atomic mass is 10.0. The van der Waals surface area contributed by atoms with Gasteiger partial charge in [0.05, 0.1) is 0 Å². The Labute approximate surface area is 133 Å². The third-order valence-electron chi connectivity index (χ3n) is 3.78. The molecule has 0 aromatic heterocycles. The Hall–Kier alpha value is -1.25. The minimum absolute atomic E-state index is 0.433. The molecule has 0 aliphatic rings. The van der Waals surface area contributed by atoms with Gasteiger partial charge in [0.15, 0.2) is 0 Å². The maximum Gasteiger partial charge on any atom is 0.0411 e. The molecule has 2 aromatic rings. The van der Waals surface area contributed by atoms with Gasteiger partial charge in [-0.15, -0.1) is 0 Å². The van der Waals surface area contributed by atoms with E-state index in [1.165, 1.54) is 22.3 Å². The number of benzene rings is 2. The molecule has 0 amide bonds. The first kappa shape index (κ1) is 16.1. The largest absolute Gasteiger partial charge is 0.310 e. The summed E-state index contributed by atoms with van der Waals surface area (Å²) in [7, 11) is 0. The zero-order valence-electron chi connectivity index (χ0n) is 13.2. The summed E-state index contributed by atoms with van der Waals surface area (Å²) in [4.78, 5) is 0. The molecule has 0 radical (unpaired) electrons. The number of nitrogens with one attached hydrogen (secondary N) is 1. The van der Waals surface area contributed by atoms with Crippen LogP contribution in [-0.4, -0.2) is 12.3 Å². The highest BCUT2D eigenvalue weighted by Crippen LogP contribution is 2.23. The van der Waals surface area contributed by atoms with Gasteiger partial charge >= 0.3 is 0 Å². The third-order valence-corrected chi connectivity index (χ3v) is 4.89. The maximum absolute atomic E-state index is 3.61. The Morgan fingerprint density at radius 2 is 1.76 bits per heavy atom. The molecule has 0 saturated carbocycles. The summed E-state index contributed by atoms with van der Waals surface area (Å²) in [6.07, 6.45) is 0. The van der Waals surface area contributed by atoms with Gasteiger partial charge in [0.2, 0.25) is 0 Å². The molecular formula is C19H25NS. The Morgan fingerprint density at radius 1 is 1.00 bits per heavy atom. The maximum atomic E-state index is 3.61. The average Bonchev–Trinajstić information content (AvgIpc) is 2.50. The summed E-state index contributed by atoms with van der Waals surface area (Å²) in [5.41, 5.74) is 5.55. The van der Waals surface area contributed by atoms with Crippen LogP contribution in [0.4, 0.5) is 0 Å². The highest BCUT2D eigenvalue weighted by molar-refractivity contribution is 7.98. The zero-order valence-corrected chi connectivity index (χ0v) is 14.0. The lowest BCUT2D eigenvalue weighted by molar-refractivity contribution is 0.605. The van der Waals surface area contributed by atoms with Crippen LogP contribution in [0.5, 0.6) is 0 Å². The van der Waals surface area contributed by atoms with E-state index < -0.39 is 0 Å². The molecule has 2 heteroatoms. The number of rotatable bonds is 7. The van der Waals surface area contributed by atoms with Crippen LogP contribution in [0.15, 0.2) is 48.5 Å². The van der Waals surface area contributed by atoms with Crippen LogP contribution in [0.25, 0.3) is 0 Å². The van der Waals surface area contributed by atoms with Crippen LogP contribution in [-0.2, 0) is 5.75 Å². The van der Waals surface area contributed by atoms with E-state index >= 15 is 0 Å². The molecule has 0 aliphatic carbocycles. The second kappa shape index (κ2) is 8.26. The Balaban J connectivity index is 1.97. The minimum Gasteiger partial charge on any atom is -0.310 e. The van der Waals surface area contributed by atoms with Gasteiger partial charge in [-0.2, -0.15) is 11.8 Å². The molecule has 1 atom stereocenters. The minimum atomic E-state index is 0.433. The lowest BCUT2D eigenvalue weighted by Gasteiger charge is -2.19. The second-order valence-electron chi connectivity index (χ2n) is 5.45. The zero-order chi connectivity index (χ0) is 15.1. The van der Waals surface area contributed by atoms with Crippen LogP contribution in [0, 0.1) is 13.8 Å². The van der Waals surface area contributed by atoms with Gasteiger partial charge in [0.1, 0.15) is 0 Å². The molecule has 0 bridgehead atoms. The van der Waals surface area contributed by atoms with Crippen molar-refractivity contribution < 1.29 is 0 Å². The highest BCUT2D eigenvalue weighted by Gasteiger charge is 2.11. The first-order valence-electron chi connectivity index (χ1n) is 7.63. The van der Waals surface area contributed by atoms with E-state index in [1.807, 2.05) is 11.8 Å². The lowest BCUT2D eigenvalue weighted by Crippen LogP contribution is -2.23. The molecule has 0 fully saturated rings. The average molecular weight is 299 g/mol. The Bertz CT molecular complexity index is 551. The van der Waals surface area contributed by atoms with Gasteiger partial charge in [0, 0.05) is 17.5 Å². The number of hydrogen-bond acceptors (Lipinski definition) is 2. The van der Waals surface area contributed by atoms with Crippen LogP contribution >= 0.6 is 11.8 Å². The molecule has 21 heavy (non-hydrogen) atoms. The van der Waals surface area contributed by atoms with E-state index in [-0.39, 0.29) is 0 Å². The van der Waals surface area contributed by atoms with E-state index in [9.17, 15) is 0 Å². The molecule has 0 saturated heterocycles. The first-order chi connectivity index (χ1) is 10.2. The van der Waals surface area contributed by atoms with Crippen LogP contribution < -0.4 is 5.32 Å². The summed E-state index contributed by atoms with van der Waals surface area (Å²) in [6.45, 7) is 7.55. The van der Waals surface area contributed by atoms with Gasteiger partial charge in [0.25, 0.3) is 0 Å². The number of hydrogen-bond donors (Lipinski definition) is 1. The van der Waals surface area contributed by atoms with Crippen LogP contribution in [0.3, 0.4) is 0 Å². The summed E-state index contributed by atoms with van der Waals surface area (Å²) < 4.78 is 0. The topological polar surface area (TPSA) is 12.0 Å². The van der Waals surface area contributed by atoms with E-state index in [1.54, 1.807) is 0 Å². The Kier molecular flexibility index (Phi) is 6.34.